The van der Waals surface area contributed by atoms with Crippen molar-refractivity contribution in [2.75, 3.05) is 5.75 Å². The predicted molar refractivity (Wildman–Crippen MR) is 76.7 cm³/mol. The van der Waals surface area contributed by atoms with Crippen molar-refractivity contribution in [1.82, 2.24) is 4.57 Å². The summed E-state index contributed by atoms with van der Waals surface area (Å²) in [7, 11) is 0. The molecular weight excluding hydrogens is 321 g/mol. The van der Waals surface area contributed by atoms with Gasteiger partial charge in [-0.1, -0.05) is 11.3 Å². The maximum atomic E-state index is 13.0. The van der Waals surface area contributed by atoms with E-state index in [0.29, 0.717) is 34.5 Å². The minimum absolute atomic E-state index is 0.242. The summed E-state index contributed by atoms with van der Waals surface area (Å²) in [6.07, 6.45) is -3.92. The van der Waals surface area contributed by atoms with E-state index < -0.39 is 22.9 Å². The Kier molecular flexibility index (Phi) is 3.58. The second kappa shape index (κ2) is 5.03. The summed E-state index contributed by atoms with van der Waals surface area (Å²) in [5, 5.41) is 7.52. The van der Waals surface area contributed by atoms with Gasteiger partial charge in [0, 0.05) is 18.5 Å². The van der Waals surface area contributed by atoms with Crippen LogP contribution in [0, 0.1) is 5.41 Å². The van der Waals surface area contributed by atoms with E-state index in [1.54, 1.807) is 11.5 Å². The lowest BCUT2D eigenvalue weighted by atomic mass is 10.0. The van der Waals surface area contributed by atoms with E-state index in [4.69, 9.17) is 5.41 Å². The third kappa shape index (κ3) is 2.39. The number of rotatable bonds is 2. The first-order valence-corrected chi connectivity index (χ1v) is 8.69. The molecule has 8 heteroatoms. The van der Waals surface area contributed by atoms with Crippen molar-refractivity contribution in [2.24, 2.45) is 0 Å². The largest absolute Gasteiger partial charge is 0.616 e. The van der Waals surface area contributed by atoms with Gasteiger partial charge in [0.1, 0.15) is 11.0 Å². The van der Waals surface area contributed by atoms with E-state index in [-0.39, 0.29) is 10.1 Å². The lowest BCUT2D eigenvalue weighted by Crippen LogP contribution is -2.26. The van der Waals surface area contributed by atoms with Gasteiger partial charge in [0.2, 0.25) is 0 Å². The summed E-state index contributed by atoms with van der Waals surface area (Å²) in [4.78, 5) is 0.242. The molecule has 1 aliphatic rings. The highest BCUT2D eigenvalue weighted by Crippen LogP contribution is 2.41. The van der Waals surface area contributed by atoms with Gasteiger partial charge in [-0.15, -0.1) is 0 Å². The molecule has 3 rings (SSSR count). The van der Waals surface area contributed by atoms with Crippen LogP contribution in [-0.2, 0) is 23.9 Å². The lowest BCUT2D eigenvalue weighted by Gasteiger charge is -2.27. The highest BCUT2D eigenvalue weighted by atomic mass is 32.2. The Morgan fingerprint density at radius 2 is 2.19 bits per heavy atom. The van der Waals surface area contributed by atoms with E-state index in [2.05, 4.69) is 0 Å². The highest BCUT2D eigenvalue weighted by Gasteiger charge is 2.36. The monoisotopic (exact) mass is 334 g/mol. The van der Waals surface area contributed by atoms with Crippen LogP contribution in [0.1, 0.15) is 29.7 Å². The fourth-order valence-electron chi connectivity index (χ4n) is 2.76. The molecule has 0 saturated heterocycles. The predicted octanol–water partition coefficient (Wildman–Crippen LogP) is 3.41. The average molecular weight is 334 g/mol. The molecule has 2 unspecified atom stereocenters. The topological polar surface area (TPSA) is 51.8 Å². The summed E-state index contributed by atoms with van der Waals surface area (Å²) < 4.78 is 53.5. The van der Waals surface area contributed by atoms with Crippen molar-refractivity contribution in [3.05, 3.63) is 28.1 Å². The molecule has 0 saturated carbocycles. The van der Waals surface area contributed by atoms with Crippen LogP contribution in [0.3, 0.4) is 0 Å². The van der Waals surface area contributed by atoms with Gasteiger partial charge in [-0.3, -0.25) is 5.41 Å². The van der Waals surface area contributed by atoms with Gasteiger partial charge in [-0.05, 0) is 30.2 Å². The summed E-state index contributed by atoms with van der Waals surface area (Å²) >= 11 is -0.150. The van der Waals surface area contributed by atoms with Crippen molar-refractivity contribution in [1.29, 1.82) is 5.41 Å². The van der Waals surface area contributed by atoms with Crippen molar-refractivity contribution >= 4 is 32.7 Å². The first-order valence-electron chi connectivity index (χ1n) is 6.49. The van der Waals surface area contributed by atoms with Crippen molar-refractivity contribution in [3.8, 4) is 0 Å². The third-order valence-electron chi connectivity index (χ3n) is 3.72. The van der Waals surface area contributed by atoms with Crippen LogP contribution in [0.2, 0.25) is 0 Å². The van der Waals surface area contributed by atoms with Gasteiger partial charge in [0.15, 0.2) is 4.80 Å². The molecule has 2 aromatic rings. The average Bonchev–Trinajstić information content (AvgIpc) is 2.75. The second-order valence-corrected chi connectivity index (χ2v) is 7.85. The van der Waals surface area contributed by atoms with E-state index >= 15 is 0 Å². The molecule has 1 aliphatic heterocycles. The summed E-state index contributed by atoms with van der Waals surface area (Å²) in [6.45, 7) is 2.31. The summed E-state index contributed by atoms with van der Waals surface area (Å²) in [6, 6.07) is 2.21. The molecule has 0 spiro atoms. The number of hydrogen-bond donors (Lipinski definition) is 1. The molecule has 1 aromatic heterocycles. The number of alkyl halides is 3. The van der Waals surface area contributed by atoms with E-state index in [9.17, 15) is 17.7 Å². The number of thiazole rings is 1. The molecule has 2 atom stereocenters. The SMILES string of the molecule is CC[S+]([O-])C1CCn2c(=N)sc3cc(C(F)(F)F)cc1c32. The Hall–Kier alpha value is -0.990. The van der Waals surface area contributed by atoms with Crippen molar-refractivity contribution in [3.63, 3.8) is 0 Å². The second-order valence-electron chi connectivity index (χ2n) is 4.92. The van der Waals surface area contributed by atoms with Crippen LogP contribution in [0.15, 0.2) is 12.1 Å². The quantitative estimate of drug-likeness (QED) is 0.841. The number of halogens is 3. The zero-order valence-electron chi connectivity index (χ0n) is 11.2. The fraction of sp³-hybridized carbons (Fsp3) is 0.462. The van der Waals surface area contributed by atoms with E-state index in [1.165, 1.54) is 0 Å². The van der Waals surface area contributed by atoms with Gasteiger partial charge < -0.3 is 9.12 Å². The first kappa shape index (κ1) is 14.9. The van der Waals surface area contributed by atoms with Crippen LogP contribution in [0.4, 0.5) is 13.2 Å². The molecule has 3 nitrogen and oxygen atoms in total. The number of nitrogens with zero attached hydrogens (tertiary/aromatic N) is 1. The standard InChI is InChI=1S/C13H13F3N2OS2/c1-2-21(19)10-3-4-18-11-8(10)5-7(13(14,15)16)6-9(11)20-12(18)17/h5-6,10,17H,2-4H2,1H3. The Balaban J connectivity index is 2.31. The van der Waals surface area contributed by atoms with Crippen LogP contribution < -0.4 is 4.80 Å². The Bertz CT molecular complexity index is 750. The van der Waals surface area contributed by atoms with E-state index in [0.717, 1.165) is 23.5 Å². The third-order valence-corrected chi connectivity index (χ3v) is 6.36. The van der Waals surface area contributed by atoms with Gasteiger partial charge in [-0.25, -0.2) is 0 Å². The Morgan fingerprint density at radius 1 is 1.48 bits per heavy atom. The molecule has 2 heterocycles. The number of benzene rings is 1. The Morgan fingerprint density at radius 3 is 2.81 bits per heavy atom. The van der Waals surface area contributed by atoms with Gasteiger partial charge in [0.25, 0.3) is 0 Å². The summed E-state index contributed by atoms with van der Waals surface area (Å²) in [5.41, 5.74) is 0.399. The van der Waals surface area contributed by atoms with Crippen molar-refractivity contribution in [2.45, 2.75) is 31.3 Å². The van der Waals surface area contributed by atoms with E-state index in [1.807, 2.05) is 0 Å². The highest BCUT2D eigenvalue weighted by molar-refractivity contribution is 7.91. The van der Waals surface area contributed by atoms with Gasteiger partial charge >= 0.3 is 6.18 Å². The summed E-state index contributed by atoms with van der Waals surface area (Å²) in [5.74, 6) is 0.417. The maximum Gasteiger partial charge on any atom is 0.416 e. The first-order chi connectivity index (χ1) is 9.82. The fourth-order valence-corrected chi connectivity index (χ4v) is 5.00. The number of aryl methyl sites for hydroxylation is 1. The van der Waals surface area contributed by atoms with Crippen LogP contribution in [0.25, 0.3) is 10.2 Å². The molecule has 0 aliphatic carbocycles. The Labute approximate surface area is 126 Å². The normalized spacial score (nSPS) is 20.0. The molecule has 21 heavy (non-hydrogen) atoms. The molecule has 114 valence electrons. The molecular formula is C13H13F3N2OS2. The number of nitrogens with one attached hydrogen (secondary N) is 1. The molecule has 0 radical (unpaired) electrons. The molecule has 1 N–H and O–H groups in total. The number of aromatic nitrogens is 1. The number of hydrogen-bond acceptors (Lipinski definition) is 3. The maximum absolute atomic E-state index is 13.0. The zero-order valence-corrected chi connectivity index (χ0v) is 12.8. The van der Waals surface area contributed by atoms with Gasteiger partial charge in [-0.2, -0.15) is 13.2 Å². The molecule has 0 amide bonds. The molecule has 0 bridgehead atoms. The minimum atomic E-state index is -4.43. The van der Waals surface area contributed by atoms with Gasteiger partial charge in [0.05, 0.1) is 15.8 Å². The molecule has 0 fully saturated rings. The minimum Gasteiger partial charge on any atom is -0.616 e. The van der Waals surface area contributed by atoms with Crippen LogP contribution in [0.5, 0.6) is 0 Å². The van der Waals surface area contributed by atoms with Crippen LogP contribution in [-0.4, -0.2) is 14.9 Å². The zero-order chi connectivity index (χ0) is 15.4. The smallest absolute Gasteiger partial charge is 0.416 e. The van der Waals surface area contributed by atoms with Crippen LogP contribution >= 0.6 is 11.3 Å². The lowest BCUT2D eigenvalue weighted by molar-refractivity contribution is -0.137. The van der Waals surface area contributed by atoms with Crippen molar-refractivity contribution < 1.29 is 17.7 Å². The molecule has 1 aromatic carbocycles.